The number of fused-ring (bicyclic) bond motifs is 1. The molecule has 4 aromatic rings. The number of hydrogen-bond acceptors (Lipinski definition) is 4. The quantitative estimate of drug-likeness (QED) is 0.275. The molecule has 0 saturated carbocycles. The van der Waals surface area contributed by atoms with E-state index in [2.05, 4.69) is 27.0 Å². The summed E-state index contributed by atoms with van der Waals surface area (Å²) >= 11 is 0. The Hall–Kier alpha value is -4.59. The minimum atomic E-state index is -1.10. The largest absolute Gasteiger partial charge is 0.497 e. The van der Waals surface area contributed by atoms with E-state index in [0.717, 1.165) is 39.0 Å². The van der Waals surface area contributed by atoms with Gasteiger partial charge >= 0.3 is 6.03 Å². The molecule has 4 N–H and O–H groups in total. The lowest BCUT2D eigenvalue weighted by atomic mass is 9.91. The summed E-state index contributed by atoms with van der Waals surface area (Å²) in [6.07, 6.45) is 0.927. The van der Waals surface area contributed by atoms with E-state index in [1.165, 1.54) is 0 Å². The van der Waals surface area contributed by atoms with Crippen LogP contribution in [0.2, 0.25) is 0 Å². The zero-order valence-electron chi connectivity index (χ0n) is 20.7. The van der Waals surface area contributed by atoms with Gasteiger partial charge in [0.1, 0.15) is 11.3 Å². The van der Waals surface area contributed by atoms with Crippen LogP contribution in [0.5, 0.6) is 5.75 Å². The predicted octanol–water partition coefficient (Wildman–Crippen LogP) is 4.15. The molecule has 1 aromatic heterocycles. The number of para-hydroxylation sites is 1. The highest BCUT2D eigenvalue weighted by Crippen LogP contribution is 2.32. The van der Waals surface area contributed by atoms with Gasteiger partial charge in [0.15, 0.2) is 0 Å². The molecule has 1 atom stereocenters. The third-order valence-corrected chi connectivity index (χ3v) is 6.86. The number of rotatable bonds is 8. The first-order valence-electron chi connectivity index (χ1n) is 12.1. The fourth-order valence-electron chi connectivity index (χ4n) is 4.69. The third-order valence-electron chi connectivity index (χ3n) is 6.86. The van der Waals surface area contributed by atoms with Crippen LogP contribution < -0.4 is 20.7 Å². The van der Waals surface area contributed by atoms with Gasteiger partial charge in [0.25, 0.3) is 5.91 Å². The highest BCUT2D eigenvalue weighted by molar-refractivity contribution is 6.07. The molecule has 8 heteroatoms. The van der Waals surface area contributed by atoms with Crippen LogP contribution >= 0.6 is 0 Å². The molecule has 1 aliphatic heterocycles. The van der Waals surface area contributed by atoms with Gasteiger partial charge in [0, 0.05) is 29.6 Å². The maximum Gasteiger partial charge on any atom is 0.322 e. The van der Waals surface area contributed by atoms with E-state index in [1.54, 1.807) is 26.2 Å². The van der Waals surface area contributed by atoms with E-state index < -0.39 is 11.6 Å². The number of aryl methyl sites for hydroxylation is 1. The number of amides is 4. The summed E-state index contributed by atoms with van der Waals surface area (Å²) in [5.41, 5.74) is 4.65. The Balaban J connectivity index is 1.24. The molecule has 37 heavy (non-hydrogen) atoms. The number of methoxy groups -OCH3 is 1. The summed E-state index contributed by atoms with van der Waals surface area (Å²) in [6, 6.07) is 22.8. The molecule has 188 valence electrons. The van der Waals surface area contributed by atoms with Crippen molar-refractivity contribution in [2.45, 2.75) is 31.8 Å². The number of aromatic nitrogens is 1. The topological polar surface area (TPSA) is 112 Å². The van der Waals surface area contributed by atoms with E-state index in [-0.39, 0.29) is 11.8 Å². The number of urea groups is 1. The second-order valence-electron chi connectivity index (χ2n) is 9.26. The Morgan fingerprint density at radius 3 is 2.38 bits per heavy atom. The fraction of sp³-hybridized carbons (Fsp3) is 0.207. The van der Waals surface area contributed by atoms with Crippen molar-refractivity contribution in [3.8, 4) is 17.0 Å². The van der Waals surface area contributed by atoms with E-state index in [0.29, 0.717) is 24.9 Å². The molecule has 1 aliphatic rings. The predicted molar refractivity (Wildman–Crippen MR) is 141 cm³/mol. The Bertz CT molecular complexity index is 1470. The van der Waals surface area contributed by atoms with Gasteiger partial charge in [-0.1, -0.05) is 42.5 Å². The standard InChI is InChI=1S/C29H28N4O4/c1-29(27(35)32-28(36)33-29)20-11-7-18(8-12-20)17-30-25(34)16-15-23-22-5-3-4-6-24(22)31-26(23)19-9-13-21(37-2)14-10-19/h3-14,31H,15-17H2,1-2H3,(H,30,34)(H2,32,33,35,36). The zero-order chi connectivity index (χ0) is 26.0. The first kappa shape index (κ1) is 24.1. The van der Waals surface area contributed by atoms with Gasteiger partial charge in [0.2, 0.25) is 5.91 Å². The Kier molecular flexibility index (Phi) is 6.40. The van der Waals surface area contributed by atoms with E-state index >= 15 is 0 Å². The van der Waals surface area contributed by atoms with Gasteiger partial charge in [-0.3, -0.25) is 14.9 Å². The highest BCUT2D eigenvalue weighted by atomic mass is 16.5. The Labute approximate surface area is 214 Å². The number of H-pyrrole nitrogens is 1. The second kappa shape index (κ2) is 9.81. The van der Waals surface area contributed by atoms with Crippen molar-refractivity contribution >= 4 is 28.7 Å². The van der Waals surface area contributed by atoms with Gasteiger partial charge < -0.3 is 20.4 Å². The molecule has 5 rings (SSSR count). The number of carbonyl (C=O) groups is 3. The molecule has 0 bridgehead atoms. The van der Waals surface area contributed by atoms with Gasteiger partial charge in [-0.05, 0) is 65.9 Å². The number of imide groups is 1. The molecule has 0 radical (unpaired) electrons. The molecule has 0 spiro atoms. The Morgan fingerprint density at radius 1 is 0.973 bits per heavy atom. The monoisotopic (exact) mass is 496 g/mol. The average Bonchev–Trinajstić information content (AvgIpc) is 3.42. The number of benzene rings is 3. The van der Waals surface area contributed by atoms with Crippen molar-refractivity contribution in [2.75, 3.05) is 7.11 Å². The summed E-state index contributed by atoms with van der Waals surface area (Å²) in [5.74, 6) is 0.355. The van der Waals surface area contributed by atoms with Crippen molar-refractivity contribution in [2.24, 2.45) is 0 Å². The average molecular weight is 497 g/mol. The van der Waals surface area contributed by atoms with Crippen LogP contribution in [-0.4, -0.2) is 29.9 Å². The summed E-state index contributed by atoms with van der Waals surface area (Å²) in [4.78, 5) is 39.9. The summed E-state index contributed by atoms with van der Waals surface area (Å²) < 4.78 is 5.29. The van der Waals surface area contributed by atoms with Crippen molar-refractivity contribution in [1.82, 2.24) is 20.9 Å². The lowest BCUT2D eigenvalue weighted by molar-refractivity contribution is -0.123. The molecule has 4 amide bonds. The molecule has 1 unspecified atom stereocenters. The molecule has 8 nitrogen and oxygen atoms in total. The van der Waals surface area contributed by atoms with Crippen LogP contribution in [0.3, 0.4) is 0 Å². The minimum absolute atomic E-state index is 0.0514. The SMILES string of the molecule is COc1ccc(-c2[nH]c3ccccc3c2CCC(=O)NCc2ccc(C3(C)NC(=O)NC3=O)cc2)cc1. The fourth-order valence-corrected chi connectivity index (χ4v) is 4.69. The number of nitrogens with one attached hydrogen (secondary N) is 4. The number of ether oxygens (including phenoxy) is 1. The van der Waals surface area contributed by atoms with E-state index in [9.17, 15) is 14.4 Å². The van der Waals surface area contributed by atoms with Crippen LogP contribution in [0.1, 0.15) is 30.0 Å². The molecule has 0 aliphatic carbocycles. The highest BCUT2D eigenvalue weighted by Gasteiger charge is 2.43. The molecule has 2 heterocycles. The summed E-state index contributed by atoms with van der Waals surface area (Å²) in [6.45, 7) is 2.03. The van der Waals surface area contributed by atoms with Gasteiger partial charge in [-0.25, -0.2) is 4.79 Å². The van der Waals surface area contributed by atoms with Crippen molar-refractivity contribution < 1.29 is 19.1 Å². The van der Waals surface area contributed by atoms with Crippen LogP contribution in [0.25, 0.3) is 22.2 Å². The van der Waals surface area contributed by atoms with Crippen molar-refractivity contribution in [3.05, 3.63) is 89.5 Å². The second-order valence-corrected chi connectivity index (χ2v) is 9.26. The normalized spacial score (nSPS) is 16.9. The smallest absolute Gasteiger partial charge is 0.322 e. The molecular formula is C29H28N4O4. The number of aromatic amines is 1. The molecule has 1 saturated heterocycles. The van der Waals surface area contributed by atoms with Crippen LogP contribution in [0, 0.1) is 0 Å². The van der Waals surface area contributed by atoms with Gasteiger partial charge in [-0.15, -0.1) is 0 Å². The first-order chi connectivity index (χ1) is 17.9. The lowest BCUT2D eigenvalue weighted by Crippen LogP contribution is -2.40. The van der Waals surface area contributed by atoms with Crippen molar-refractivity contribution in [3.63, 3.8) is 0 Å². The van der Waals surface area contributed by atoms with Crippen molar-refractivity contribution in [1.29, 1.82) is 0 Å². The van der Waals surface area contributed by atoms with Gasteiger partial charge in [-0.2, -0.15) is 0 Å². The van der Waals surface area contributed by atoms with Crippen LogP contribution in [0.4, 0.5) is 4.79 Å². The maximum atomic E-state index is 12.7. The van der Waals surface area contributed by atoms with Crippen LogP contribution in [-0.2, 0) is 28.1 Å². The number of carbonyl (C=O) groups excluding carboxylic acids is 3. The van der Waals surface area contributed by atoms with E-state index in [1.807, 2.05) is 54.6 Å². The first-order valence-corrected chi connectivity index (χ1v) is 12.1. The third kappa shape index (κ3) is 4.78. The molecule has 1 fully saturated rings. The lowest BCUT2D eigenvalue weighted by Gasteiger charge is -2.21. The number of hydrogen-bond donors (Lipinski definition) is 4. The van der Waals surface area contributed by atoms with E-state index in [4.69, 9.17) is 4.74 Å². The Morgan fingerprint density at radius 2 is 1.70 bits per heavy atom. The maximum absolute atomic E-state index is 12.7. The van der Waals surface area contributed by atoms with Gasteiger partial charge in [0.05, 0.1) is 7.11 Å². The zero-order valence-corrected chi connectivity index (χ0v) is 20.7. The summed E-state index contributed by atoms with van der Waals surface area (Å²) in [7, 11) is 1.64. The summed E-state index contributed by atoms with van der Waals surface area (Å²) in [5, 5.41) is 9.00. The van der Waals surface area contributed by atoms with Crippen LogP contribution in [0.15, 0.2) is 72.8 Å². The minimum Gasteiger partial charge on any atom is -0.497 e. The molecule has 3 aromatic carbocycles. The molecular weight excluding hydrogens is 468 g/mol.